The van der Waals surface area contributed by atoms with Crippen molar-refractivity contribution in [2.24, 2.45) is 5.92 Å². The molecular weight excluding hydrogens is 262 g/mol. The predicted octanol–water partition coefficient (Wildman–Crippen LogP) is 0.00890. The van der Waals surface area contributed by atoms with Crippen molar-refractivity contribution in [1.82, 2.24) is 5.32 Å². The molecule has 0 spiro atoms. The Hall–Kier alpha value is -1.31. The van der Waals surface area contributed by atoms with Gasteiger partial charge in [0.05, 0.1) is 11.5 Å². The van der Waals surface area contributed by atoms with E-state index in [1.165, 1.54) is 0 Å². The van der Waals surface area contributed by atoms with Crippen LogP contribution in [0.3, 0.4) is 0 Å². The summed E-state index contributed by atoms with van der Waals surface area (Å²) in [6.45, 7) is 4.95. The van der Waals surface area contributed by atoms with Crippen LogP contribution in [0.15, 0.2) is 0 Å². The molecule has 0 bridgehead atoms. The predicted molar refractivity (Wildman–Crippen MR) is 62.9 cm³/mol. The van der Waals surface area contributed by atoms with Crippen LogP contribution < -0.4 is 5.32 Å². The van der Waals surface area contributed by atoms with Crippen molar-refractivity contribution in [3.05, 3.63) is 0 Å². The smallest absolute Gasteiger partial charge is 0.408 e. The molecule has 18 heavy (non-hydrogen) atoms. The van der Waals surface area contributed by atoms with Gasteiger partial charge in [-0.25, -0.2) is 18.0 Å². The average Bonchev–Trinajstić information content (AvgIpc) is 2.06. The number of hydrogen-bond donors (Lipinski definition) is 2. The number of ether oxygens (including phenoxy) is 1. The van der Waals surface area contributed by atoms with Crippen molar-refractivity contribution in [1.29, 1.82) is 0 Å². The number of aliphatic carboxylic acids is 1. The molecule has 0 aromatic heterocycles. The first kappa shape index (κ1) is 14.7. The Kier molecular flexibility index (Phi) is 3.89. The average molecular weight is 279 g/mol. The molecule has 7 nitrogen and oxygen atoms in total. The first-order valence-corrected chi connectivity index (χ1v) is 7.25. The van der Waals surface area contributed by atoms with Crippen molar-refractivity contribution < 1.29 is 27.9 Å². The Morgan fingerprint density at radius 3 is 2.17 bits per heavy atom. The minimum absolute atomic E-state index is 0.222. The van der Waals surface area contributed by atoms with Gasteiger partial charge in [-0.05, 0) is 20.8 Å². The molecule has 0 radical (unpaired) electrons. The summed E-state index contributed by atoms with van der Waals surface area (Å²) < 4.78 is 26.9. The highest BCUT2D eigenvalue weighted by Gasteiger charge is 2.43. The van der Waals surface area contributed by atoms with Gasteiger partial charge in [-0.1, -0.05) is 0 Å². The quantitative estimate of drug-likeness (QED) is 0.753. The normalized spacial score (nSPS) is 20.6. The van der Waals surface area contributed by atoms with Crippen LogP contribution >= 0.6 is 0 Å². The van der Waals surface area contributed by atoms with Gasteiger partial charge in [-0.2, -0.15) is 0 Å². The second-order valence-corrected chi connectivity index (χ2v) is 7.45. The van der Waals surface area contributed by atoms with E-state index in [-0.39, 0.29) is 11.5 Å². The summed E-state index contributed by atoms with van der Waals surface area (Å²) in [5.74, 6) is -2.31. The maximum Gasteiger partial charge on any atom is 0.408 e. The number of carboxylic acids is 1. The zero-order valence-electron chi connectivity index (χ0n) is 10.5. The van der Waals surface area contributed by atoms with Gasteiger partial charge < -0.3 is 15.2 Å². The largest absolute Gasteiger partial charge is 0.480 e. The van der Waals surface area contributed by atoms with Crippen LogP contribution in [-0.2, 0) is 19.4 Å². The van der Waals surface area contributed by atoms with Crippen LogP contribution in [0.1, 0.15) is 20.8 Å². The Labute approximate surface area is 105 Å². The number of carbonyl (C=O) groups is 2. The van der Waals surface area contributed by atoms with E-state index in [4.69, 9.17) is 9.84 Å². The molecule has 1 heterocycles. The number of nitrogens with one attached hydrogen (secondary N) is 1. The fourth-order valence-corrected chi connectivity index (χ4v) is 3.20. The van der Waals surface area contributed by atoms with Crippen molar-refractivity contribution in [2.45, 2.75) is 32.4 Å². The van der Waals surface area contributed by atoms with Crippen LogP contribution in [0, 0.1) is 5.92 Å². The van der Waals surface area contributed by atoms with Gasteiger partial charge in [0, 0.05) is 5.92 Å². The molecule has 0 saturated carbocycles. The van der Waals surface area contributed by atoms with Gasteiger partial charge in [0.15, 0.2) is 9.84 Å². The Morgan fingerprint density at radius 2 is 1.83 bits per heavy atom. The summed E-state index contributed by atoms with van der Waals surface area (Å²) in [4.78, 5) is 22.4. The molecule has 2 N–H and O–H groups in total. The van der Waals surface area contributed by atoms with Crippen LogP contribution in [-0.4, -0.2) is 48.7 Å². The van der Waals surface area contributed by atoms with Gasteiger partial charge >= 0.3 is 12.1 Å². The molecule has 8 heteroatoms. The highest BCUT2D eigenvalue weighted by Crippen LogP contribution is 2.22. The lowest BCUT2D eigenvalue weighted by Crippen LogP contribution is -2.55. The van der Waals surface area contributed by atoms with E-state index >= 15 is 0 Å². The molecule has 1 amide bonds. The van der Waals surface area contributed by atoms with Crippen LogP contribution in [0.5, 0.6) is 0 Å². The third-order valence-corrected chi connectivity index (χ3v) is 4.22. The summed E-state index contributed by atoms with van der Waals surface area (Å²) in [6, 6.07) is -1.23. The van der Waals surface area contributed by atoms with Gasteiger partial charge in [0.2, 0.25) is 0 Å². The topological polar surface area (TPSA) is 110 Å². The summed E-state index contributed by atoms with van der Waals surface area (Å²) in [5.41, 5.74) is -0.737. The van der Waals surface area contributed by atoms with Gasteiger partial charge in [0.1, 0.15) is 11.6 Å². The number of alkyl carbamates (subject to hydrolysis) is 1. The molecular formula is C10H17NO6S. The zero-order chi connectivity index (χ0) is 14.1. The third-order valence-electron chi connectivity index (χ3n) is 2.35. The zero-order valence-corrected chi connectivity index (χ0v) is 11.3. The van der Waals surface area contributed by atoms with Crippen molar-refractivity contribution in [2.75, 3.05) is 11.5 Å². The van der Waals surface area contributed by atoms with E-state index in [1.807, 2.05) is 0 Å². The lowest BCUT2D eigenvalue weighted by atomic mass is 10.0. The number of carboxylic acid groups (broad SMARTS) is 1. The number of hydrogen-bond acceptors (Lipinski definition) is 5. The highest BCUT2D eigenvalue weighted by molar-refractivity contribution is 7.92. The standard InChI is InChI=1S/C10H17NO6S/c1-10(2,3)17-9(14)11-7(8(12)13)6-4-18(15,16)5-6/h6-7H,4-5H2,1-3H3,(H,11,14)(H,12,13)/t7-/m0/s1. The molecule has 0 aromatic rings. The number of rotatable bonds is 3. The Bertz CT molecular complexity index is 437. The summed E-state index contributed by atoms with van der Waals surface area (Å²) in [5, 5.41) is 11.1. The highest BCUT2D eigenvalue weighted by atomic mass is 32.2. The summed E-state index contributed by atoms with van der Waals surface area (Å²) in [7, 11) is -3.14. The van der Waals surface area contributed by atoms with E-state index < -0.39 is 39.5 Å². The lowest BCUT2D eigenvalue weighted by Gasteiger charge is -2.31. The lowest BCUT2D eigenvalue weighted by molar-refractivity contribution is -0.140. The minimum Gasteiger partial charge on any atom is -0.480 e. The van der Waals surface area contributed by atoms with E-state index in [1.54, 1.807) is 20.8 Å². The molecule has 1 aliphatic heterocycles. The summed E-state index contributed by atoms with van der Waals surface area (Å²) in [6.07, 6.45) is -0.862. The number of sulfone groups is 1. The fourth-order valence-electron chi connectivity index (χ4n) is 1.61. The SMILES string of the molecule is CC(C)(C)OC(=O)N[C@H](C(=O)O)C1CS(=O)(=O)C1. The third kappa shape index (κ3) is 4.17. The van der Waals surface area contributed by atoms with E-state index in [0.717, 1.165) is 0 Å². The number of carbonyl (C=O) groups excluding carboxylic acids is 1. The Balaban J connectivity index is 2.60. The Morgan fingerprint density at radius 1 is 1.33 bits per heavy atom. The van der Waals surface area contributed by atoms with E-state index in [2.05, 4.69) is 5.32 Å². The molecule has 1 atom stereocenters. The molecule has 1 saturated heterocycles. The molecule has 1 rings (SSSR count). The van der Waals surface area contributed by atoms with Gasteiger partial charge in [0.25, 0.3) is 0 Å². The molecule has 0 unspecified atom stereocenters. The maximum absolute atomic E-state index is 11.4. The monoisotopic (exact) mass is 279 g/mol. The molecule has 0 aliphatic carbocycles. The van der Waals surface area contributed by atoms with Gasteiger partial charge in [-0.3, -0.25) is 0 Å². The van der Waals surface area contributed by atoms with Crippen LogP contribution in [0.25, 0.3) is 0 Å². The van der Waals surface area contributed by atoms with Crippen LogP contribution in [0.2, 0.25) is 0 Å². The van der Waals surface area contributed by atoms with Gasteiger partial charge in [-0.15, -0.1) is 0 Å². The fraction of sp³-hybridized carbons (Fsp3) is 0.800. The van der Waals surface area contributed by atoms with E-state index in [9.17, 15) is 18.0 Å². The molecule has 1 aliphatic rings. The molecule has 104 valence electrons. The van der Waals surface area contributed by atoms with Crippen LogP contribution in [0.4, 0.5) is 4.79 Å². The molecule has 0 aromatic carbocycles. The molecule has 1 fully saturated rings. The van der Waals surface area contributed by atoms with E-state index in [0.29, 0.717) is 0 Å². The second-order valence-electron chi connectivity index (χ2n) is 5.30. The number of amides is 1. The second kappa shape index (κ2) is 4.75. The summed E-state index contributed by atoms with van der Waals surface area (Å²) >= 11 is 0. The van der Waals surface area contributed by atoms with Crippen molar-refractivity contribution in [3.63, 3.8) is 0 Å². The van der Waals surface area contributed by atoms with Crippen molar-refractivity contribution in [3.8, 4) is 0 Å². The first-order chi connectivity index (χ1) is 8.00. The minimum atomic E-state index is -3.14. The maximum atomic E-state index is 11.4. The first-order valence-electron chi connectivity index (χ1n) is 5.43. The van der Waals surface area contributed by atoms with Crippen molar-refractivity contribution >= 4 is 21.9 Å².